The molecule has 0 spiro atoms. The number of ketones is 1. The Morgan fingerprint density at radius 2 is 1.36 bits per heavy atom. The molecule has 0 aromatic carbocycles. The van der Waals surface area contributed by atoms with Crippen LogP contribution < -0.4 is 0 Å². The zero-order chi connectivity index (χ0) is 11.0. The molecule has 0 atom stereocenters. The van der Waals surface area contributed by atoms with Gasteiger partial charge in [-0.2, -0.15) is 0 Å². The average Bonchev–Trinajstić information content (AvgIpc) is 2.09. The molecule has 0 radical (unpaired) electrons. The van der Waals surface area contributed by atoms with E-state index in [-0.39, 0.29) is 10.8 Å². The Morgan fingerprint density at radius 3 is 1.71 bits per heavy atom. The normalized spacial score (nSPS) is 28.2. The van der Waals surface area contributed by atoms with Crippen LogP contribution in [0.15, 0.2) is 0 Å². The van der Waals surface area contributed by atoms with Gasteiger partial charge in [0.25, 0.3) is 0 Å². The van der Waals surface area contributed by atoms with E-state index in [1.165, 1.54) is 0 Å². The molecule has 1 heterocycles. The number of likely N-dealkylation sites (tertiary alicyclic amines) is 1. The van der Waals surface area contributed by atoms with Crippen molar-refractivity contribution in [3.05, 3.63) is 0 Å². The lowest BCUT2D eigenvalue weighted by molar-refractivity contribution is -0.138. The van der Waals surface area contributed by atoms with E-state index in [0.717, 1.165) is 25.9 Å². The predicted octanol–water partition coefficient (Wildman–Crippen LogP) is 2.33. The number of carbonyl (C=O) groups excluding carboxylic acids is 1. The third-order valence-electron chi connectivity index (χ3n) is 3.47. The quantitative estimate of drug-likeness (QED) is 0.594. The molecule has 1 aliphatic rings. The summed E-state index contributed by atoms with van der Waals surface area (Å²) in [6.07, 6.45) is 1.96. The van der Waals surface area contributed by atoms with E-state index < -0.39 is 0 Å². The van der Waals surface area contributed by atoms with Crippen molar-refractivity contribution in [2.75, 3.05) is 20.1 Å². The molecule has 14 heavy (non-hydrogen) atoms. The Balaban J connectivity index is 2.87. The van der Waals surface area contributed by atoms with E-state index in [1.54, 1.807) is 0 Å². The summed E-state index contributed by atoms with van der Waals surface area (Å²) in [5.41, 5.74) is -0.309. The van der Waals surface area contributed by atoms with Crippen molar-refractivity contribution in [1.82, 2.24) is 4.90 Å². The van der Waals surface area contributed by atoms with E-state index in [1.807, 2.05) is 0 Å². The lowest BCUT2D eigenvalue weighted by Gasteiger charge is -2.38. The number of nitrogens with zero attached hydrogens (tertiary/aromatic N) is 1. The molecule has 0 aliphatic carbocycles. The van der Waals surface area contributed by atoms with Crippen molar-refractivity contribution in [3.63, 3.8) is 0 Å². The molecule has 2 nitrogen and oxygen atoms in total. The molecule has 0 saturated carbocycles. The zero-order valence-electron chi connectivity index (χ0n) is 10.2. The number of Topliss-reactive ketones (excluding diaryl/α,β-unsaturated/α-hetero) is 1. The van der Waals surface area contributed by atoms with E-state index in [0.29, 0.717) is 5.78 Å². The monoisotopic (exact) mass is 197 g/mol. The lowest BCUT2D eigenvalue weighted by atomic mass is 9.69. The Hall–Kier alpha value is -0.370. The smallest absolute Gasteiger partial charge is 0.144 e. The van der Waals surface area contributed by atoms with E-state index in [2.05, 4.69) is 39.6 Å². The summed E-state index contributed by atoms with van der Waals surface area (Å²) >= 11 is 0. The Kier molecular flexibility index (Phi) is 3.05. The summed E-state index contributed by atoms with van der Waals surface area (Å²) in [4.78, 5) is 14.6. The van der Waals surface area contributed by atoms with Gasteiger partial charge in [0.15, 0.2) is 0 Å². The first kappa shape index (κ1) is 11.7. The molecular formula is C12H23NO. The van der Waals surface area contributed by atoms with E-state index in [9.17, 15) is 4.79 Å². The van der Waals surface area contributed by atoms with Gasteiger partial charge in [0.1, 0.15) is 5.78 Å². The van der Waals surface area contributed by atoms with Crippen molar-refractivity contribution in [1.29, 1.82) is 0 Å². The van der Waals surface area contributed by atoms with Gasteiger partial charge in [0.2, 0.25) is 0 Å². The highest BCUT2D eigenvalue weighted by atomic mass is 16.1. The van der Waals surface area contributed by atoms with Gasteiger partial charge in [-0.25, -0.2) is 0 Å². The molecule has 0 unspecified atom stereocenters. The minimum Gasteiger partial charge on any atom is -0.306 e. The highest BCUT2D eigenvalue weighted by Gasteiger charge is 2.39. The molecule has 1 saturated heterocycles. The second kappa shape index (κ2) is 3.65. The molecule has 0 aromatic rings. The highest BCUT2D eigenvalue weighted by Crippen LogP contribution is 2.36. The maximum Gasteiger partial charge on any atom is 0.144 e. The van der Waals surface area contributed by atoms with Crippen molar-refractivity contribution < 1.29 is 4.79 Å². The Labute approximate surface area is 87.7 Å². The first-order valence-electron chi connectivity index (χ1n) is 5.49. The van der Waals surface area contributed by atoms with Crippen molar-refractivity contribution in [3.8, 4) is 0 Å². The number of carbonyl (C=O) groups is 1. The maximum atomic E-state index is 12.2. The highest BCUT2D eigenvalue weighted by molar-refractivity contribution is 5.89. The fraction of sp³-hybridized carbons (Fsp3) is 0.917. The molecule has 0 amide bonds. The predicted molar refractivity (Wildman–Crippen MR) is 59.3 cm³/mol. The molecule has 0 bridgehead atoms. The van der Waals surface area contributed by atoms with Gasteiger partial charge in [-0.3, -0.25) is 4.79 Å². The van der Waals surface area contributed by atoms with Crippen molar-refractivity contribution in [2.45, 2.75) is 40.5 Å². The van der Waals surface area contributed by atoms with Crippen LogP contribution in [-0.2, 0) is 4.79 Å². The van der Waals surface area contributed by atoms with Crippen LogP contribution >= 0.6 is 0 Å². The molecule has 0 aromatic heterocycles. The molecule has 0 N–H and O–H groups in total. The fourth-order valence-electron chi connectivity index (χ4n) is 2.20. The number of hydrogen-bond donors (Lipinski definition) is 0. The van der Waals surface area contributed by atoms with Crippen LogP contribution in [0.1, 0.15) is 40.5 Å². The SMILES string of the molecule is CN1CCC(C)(C)C(=O)C(C)(C)CC1. The Morgan fingerprint density at radius 1 is 1.00 bits per heavy atom. The van der Waals surface area contributed by atoms with Crippen LogP contribution in [0.25, 0.3) is 0 Å². The van der Waals surface area contributed by atoms with Gasteiger partial charge in [-0.1, -0.05) is 27.7 Å². The van der Waals surface area contributed by atoms with Gasteiger partial charge in [-0.15, -0.1) is 0 Å². The fourth-order valence-corrected chi connectivity index (χ4v) is 2.20. The van der Waals surface area contributed by atoms with Crippen LogP contribution in [0.2, 0.25) is 0 Å². The topological polar surface area (TPSA) is 20.3 Å². The van der Waals surface area contributed by atoms with Gasteiger partial charge < -0.3 is 4.90 Å². The summed E-state index contributed by atoms with van der Waals surface area (Å²) in [5.74, 6) is 0.429. The summed E-state index contributed by atoms with van der Waals surface area (Å²) < 4.78 is 0. The van der Waals surface area contributed by atoms with Gasteiger partial charge in [-0.05, 0) is 33.0 Å². The van der Waals surface area contributed by atoms with Gasteiger partial charge in [0.05, 0.1) is 0 Å². The van der Waals surface area contributed by atoms with Crippen molar-refractivity contribution in [2.24, 2.45) is 10.8 Å². The third kappa shape index (κ3) is 2.35. The summed E-state index contributed by atoms with van der Waals surface area (Å²) in [5, 5.41) is 0. The van der Waals surface area contributed by atoms with Gasteiger partial charge >= 0.3 is 0 Å². The molecule has 1 rings (SSSR count). The van der Waals surface area contributed by atoms with Crippen LogP contribution in [-0.4, -0.2) is 30.8 Å². The summed E-state index contributed by atoms with van der Waals surface area (Å²) in [6, 6.07) is 0. The average molecular weight is 197 g/mol. The third-order valence-corrected chi connectivity index (χ3v) is 3.47. The second-order valence-electron chi connectivity index (χ2n) is 5.90. The van der Waals surface area contributed by atoms with Crippen LogP contribution in [0, 0.1) is 10.8 Å². The second-order valence-corrected chi connectivity index (χ2v) is 5.90. The van der Waals surface area contributed by atoms with Gasteiger partial charge in [0, 0.05) is 10.8 Å². The zero-order valence-corrected chi connectivity index (χ0v) is 10.2. The van der Waals surface area contributed by atoms with Crippen molar-refractivity contribution >= 4 is 5.78 Å². The maximum absolute atomic E-state index is 12.2. The largest absolute Gasteiger partial charge is 0.306 e. The van der Waals surface area contributed by atoms with Crippen LogP contribution in [0.5, 0.6) is 0 Å². The minimum atomic E-state index is -0.155. The van der Waals surface area contributed by atoms with E-state index >= 15 is 0 Å². The molecule has 1 aliphatic heterocycles. The molecule has 1 fully saturated rings. The molecule has 82 valence electrons. The van der Waals surface area contributed by atoms with Crippen LogP contribution in [0.4, 0.5) is 0 Å². The molecular weight excluding hydrogens is 174 g/mol. The first-order chi connectivity index (χ1) is 6.26. The summed E-state index contributed by atoms with van der Waals surface area (Å²) in [7, 11) is 2.14. The molecule has 2 heteroatoms. The number of hydrogen-bond acceptors (Lipinski definition) is 2. The standard InChI is InChI=1S/C12H23NO/c1-11(2)6-8-13(5)9-7-12(3,4)10(11)14/h6-9H2,1-5H3. The first-order valence-corrected chi connectivity index (χ1v) is 5.49. The minimum absolute atomic E-state index is 0.155. The summed E-state index contributed by atoms with van der Waals surface area (Å²) in [6.45, 7) is 10.4. The Bertz CT molecular complexity index is 208. The lowest BCUT2D eigenvalue weighted by Crippen LogP contribution is -2.43. The van der Waals surface area contributed by atoms with Crippen LogP contribution in [0.3, 0.4) is 0 Å². The number of rotatable bonds is 0. The van der Waals surface area contributed by atoms with E-state index in [4.69, 9.17) is 0 Å².